The lowest BCUT2D eigenvalue weighted by Gasteiger charge is -2.30. The summed E-state index contributed by atoms with van der Waals surface area (Å²) in [5, 5.41) is 3.18. The predicted octanol–water partition coefficient (Wildman–Crippen LogP) is 3.17. The predicted molar refractivity (Wildman–Crippen MR) is 107 cm³/mol. The summed E-state index contributed by atoms with van der Waals surface area (Å²) in [6.07, 6.45) is 8.16. The molecule has 4 rings (SSSR count). The maximum absolute atomic E-state index is 13.1. The van der Waals surface area contributed by atoms with Crippen LogP contribution in [0.5, 0.6) is 5.75 Å². The minimum Gasteiger partial charge on any atom is -0.488 e. The largest absolute Gasteiger partial charge is 0.488 e. The molecule has 3 fully saturated rings. The normalized spacial score (nSPS) is 25.7. The van der Waals surface area contributed by atoms with Gasteiger partial charge in [-0.05, 0) is 37.8 Å². The van der Waals surface area contributed by atoms with E-state index in [9.17, 15) is 9.59 Å². The Morgan fingerprint density at radius 3 is 2.39 bits per heavy atom. The smallest absolute Gasteiger partial charge is 0.318 e. The summed E-state index contributed by atoms with van der Waals surface area (Å²) >= 11 is 0. The van der Waals surface area contributed by atoms with Crippen molar-refractivity contribution < 1.29 is 14.3 Å². The van der Waals surface area contributed by atoms with Crippen molar-refractivity contribution in [3.63, 3.8) is 0 Å². The third-order valence-corrected chi connectivity index (χ3v) is 6.21. The standard InChI is InChI=1S/C22H31N3O3/c26-21(24-13-7-8-14-24)20-15-19(28-18-11-5-2-6-12-18)16-25(20)22(27)23-17-9-3-1-4-10-17/h2,5-6,11-12,17,19-20H,1,3-4,7-10,13-16H2,(H,23,27). The Morgan fingerprint density at radius 2 is 1.68 bits per heavy atom. The molecule has 2 unspecified atom stereocenters. The molecule has 152 valence electrons. The number of hydrogen-bond donors (Lipinski definition) is 1. The van der Waals surface area contributed by atoms with Gasteiger partial charge in [0.1, 0.15) is 17.9 Å². The Labute approximate surface area is 167 Å². The van der Waals surface area contributed by atoms with E-state index in [1.165, 1.54) is 19.3 Å². The first kappa shape index (κ1) is 19.1. The molecule has 0 radical (unpaired) electrons. The zero-order valence-corrected chi connectivity index (χ0v) is 16.5. The third-order valence-electron chi connectivity index (χ3n) is 6.21. The fourth-order valence-electron chi connectivity index (χ4n) is 4.69. The highest BCUT2D eigenvalue weighted by molar-refractivity contribution is 5.88. The van der Waals surface area contributed by atoms with Crippen molar-refractivity contribution in [3.8, 4) is 5.75 Å². The molecule has 6 heteroatoms. The van der Waals surface area contributed by atoms with Crippen LogP contribution in [-0.4, -0.2) is 59.6 Å². The fraction of sp³-hybridized carbons (Fsp3) is 0.636. The van der Waals surface area contributed by atoms with E-state index in [-0.39, 0.29) is 24.1 Å². The minimum atomic E-state index is -0.421. The van der Waals surface area contributed by atoms with Crippen molar-refractivity contribution in [1.29, 1.82) is 0 Å². The molecule has 3 amide bonds. The topological polar surface area (TPSA) is 61.9 Å². The summed E-state index contributed by atoms with van der Waals surface area (Å²) in [6.45, 7) is 2.06. The Balaban J connectivity index is 1.45. The molecule has 1 saturated carbocycles. The van der Waals surface area contributed by atoms with Crippen molar-refractivity contribution in [1.82, 2.24) is 15.1 Å². The van der Waals surface area contributed by atoms with Crippen LogP contribution in [0.2, 0.25) is 0 Å². The summed E-state index contributed by atoms with van der Waals surface area (Å²) in [5.41, 5.74) is 0. The van der Waals surface area contributed by atoms with Crippen LogP contribution < -0.4 is 10.1 Å². The molecule has 1 aromatic rings. The van der Waals surface area contributed by atoms with Crippen molar-refractivity contribution in [2.24, 2.45) is 0 Å². The molecule has 3 aliphatic rings. The lowest BCUT2D eigenvalue weighted by molar-refractivity contribution is -0.134. The second kappa shape index (κ2) is 8.84. The van der Waals surface area contributed by atoms with Crippen LogP contribution >= 0.6 is 0 Å². The van der Waals surface area contributed by atoms with Crippen molar-refractivity contribution in [2.75, 3.05) is 19.6 Å². The van der Waals surface area contributed by atoms with E-state index in [0.717, 1.165) is 44.5 Å². The van der Waals surface area contributed by atoms with Gasteiger partial charge in [-0.1, -0.05) is 37.5 Å². The van der Waals surface area contributed by atoms with Crippen LogP contribution in [0.3, 0.4) is 0 Å². The number of rotatable bonds is 4. The first-order valence-corrected chi connectivity index (χ1v) is 10.8. The van der Waals surface area contributed by atoms with Gasteiger partial charge in [-0.25, -0.2) is 4.79 Å². The summed E-state index contributed by atoms with van der Waals surface area (Å²) in [7, 11) is 0. The quantitative estimate of drug-likeness (QED) is 0.866. The molecule has 1 aliphatic carbocycles. The van der Waals surface area contributed by atoms with Crippen LogP contribution in [0.15, 0.2) is 30.3 Å². The molecule has 2 aliphatic heterocycles. The average molecular weight is 386 g/mol. The second-order valence-electron chi connectivity index (χ2n) is 8.27. The van der Waals surface area contributed by atoms with E-state index in [1.807, 2.05) is 35.2 Å². The van der Waals surface area contributed by atoms with Crippen LogP contribution in [0, 0.1) is 0 Å². The third kappa shape index (κ3) is 4.42. The van der Waals surface area contributed by atoms with E-state index in [0.29, 0.717) is 13.0 Å². The summed E-state index contributed by atoms with van der Waals surface area (Å²) in [5.74, 6) is 0.866. The van der Waals surface area contributed by atoms with E-state index in [1.54, 1.807) is 4.90 Å². The molecule has 0 bridgehead atoms. The number of hydrogen-bond acceptors (Lipinski definition) is 3. The lowest BCUT2D eigenvalue weighted by atomic mass is 9.96. The van der Waals surface area contributed by atoms with Gasteiger partial charge in [-0.3, -0.25) is 4.79 Å². The molecular weight excluding hydrogens is 354 g/mol. The number of carbonyl (C=O) groups is 2. The first-order valence-electron chi connectivity index (χ1n) is 10.8. The van der Waals surface area contributed by atoms with Gasteiger partial charge in [0.05, 0.1) is 6.54 Å². The number of carbonyl (C=O) groups excluding carboxylic acids is 2. The Morgan fingerprint density at radius 1 is 0.964 bits per heavy atom. The number of urea groups is 1. The number of ether oxygens (including phenoxy) is 1. The number of para-hydroxylation sites is 1. The van der Waals surface area contributed by atoms with Gasteiger partial charge in [0.15, 0.2) is 0 Å². The minimum absolute atomic E-state index is 0.0791. The Kier molecular flexibility index (Phi) is 6.03. The van der Waals surface area contributed by atoms with Gasteiger partial charge in [-0.15, -0.1) is 0 Å². The van der Waals surface area contributed by atoms with Crippen LogP contribution in [0.1, 0.15) is 51.4 Å². The van der Waals surface area contributed by atoms with Gasteiger partial charge < -0.3 is 19.9 Å². The van der Waals surface area contributed by atoms with Gasteiger partial charge in [-0.2, -0.15) is 0 Å². The maximum Gasteiger partial charge on any atom is 0.318 e. The second-order valence-corrected chi connectivity index (χ2v) is 8.27. The molecule has 6 nitrogen and oxygen atoms in total. The van der Waals surface area contributed by atoms with Crippen molar-refractivity contribution in [3.05, 3.63) is 30.3 Å². The zero-order chi connectivity index (χ0) is 19.3. The molecule has 0 spiro atoms. The molecule has 2 saturated heterocycles. The van der Waals surface area contributed by atoms with Crippen LogP contribution in [0.4, 0.5) is 4.79 Å². The van der Waals surface area contributed by atoms with Gasteiger partial charge >= 0.3 is 6.03 Å². The highest BCUT2D eigenvalue weighted by atomic mass is 16.5. The average Bonchev–Trinajstić information content (AvgIpc) is 3.39. The lowest BCUT2D eigenvalue weighted by Crippen LogP contribution is -2.52. The van der Waals surface area contributed by atoms with Crippen molar-refractivity contribution in [2.45, 2.75) is 69.6 Å². The number of amides is 3. The summed E-state index contributed by atoms with van der Waals surface area (Å²) in [6, 6.07) is 9.36. The molecular formula is C22H31N3O3. The number of nitrogens with zero attached hydrogens (tertiary/aromatic N) is 2. The van der Waals surface area contributed by atoms with E-state index in [2.05, 4.69) is 5.32 Å². The molecule has 0 aromatic heterocycles. The van der Waals surface area contributed by atoms with Crippen LogP contribution in [0.25, 0.3) is 0 Å². The Bertz CT molecular complexity index is 669. The monoisotopic (exact) mass is 385 g/mol. The molecule has 2 heterocycles. The number of likely N-dealkylation sites (tertiary alicyclic amines) is 2. The molecule has 28 heavy (non-hydrogen) atoms. The van der Waals surface area contributed by atoms with Gasteiger partial charge in [0, 0.05) is 25.6 Å². The highest BCUT2D eigenvalue weighted by Crippen LogP contribution is 2.26. The Hall–Kier alpha value is -2.24. The van der Waals surface area contributed by atoms with E-state index >= 15 is 0 Å². The molecule has 2 atom stereocenters. The highest BCUT2D eigenvalue weighted by Gasteiger charge is 2.43. The summed E-state index contributed by atoms with van der Waals surface area (Å²) < 4.78 is 6.10. The van der Waals surface area contributed by atoms with Gasteiger partial charge in [0.2, 0.25) is 5.91 Å². The van der Waals surface area contributed by atoms with Crippen LogP contribution in [-0.2, 0) is 4.79 Å². The maximum atomic E-state index is 13.1. The summed E-state index contributed by atoms with van der Waals surface area (Å²) in [4.78, 5) is 29.8. The first-order chi connectivity index (χ1) is 13.7. The van der Waals surface area contributed by atoms with Gasteiger partial charge in [0.25, 0.3) is 0 Å². The molecule has 1 N–H and O–H groups in total. The zero-order valence-electron chi connectivity index (χ0n) is 16.5. The van der Waals surface area contributed by atoms with E-state index in [4.69, 9.17) is 4.74 Å². The number of benzene rings is 1. The number of nitrogens with one attached hydrogen (secondary N) is 1. The van der Waals surface area contributed by atoms with E-state index < -0.39 is 6.04 Å². The SMILES string of the molecule is O=C(C1CC(Oc2ccccc2)CN1C(=O)NC1CCCCC1)N1CCCC1. The molecule has 1 aromatic carbocycles. The fourth-order valence-corrected chi connectivity index (χ4v) is 4.69. The van der Waals surface area contributed by atoms with Crippen molar-refractivity contribution >= 4 is 11.9 Å².